The molecule has 0 aliphatic carbocycles. The maximum absolute atomic E-state index is 5.53. The zero-order valence-electron chi connectivity index (χ0n) is 14.7. The van der Waals surface area contributed by atoms with Gasteiger partial charge in [0.1, 0.15) is 18.0 Å². The SMILES string of the molecule is CN(C)c1cc(NC2CCN(c3nc4c(s3)COCC4)CC2)ncn1. The van der Waals surface area contributed by atoms with Crippen molar-refractivity contribution in [2.45, 2.75) is 31.9 Å². The van der Waals surface area contributed by atoms with E-state index in [0.29, 0.717) is 6.04 Å². The molecule has 0 amide bonds. The maximum atomic E-state index is 5.53. The van der Waals surface area contributed by atoms with E-state index in [1.54, 1.807) is 17.7 Å². The number of thiazole rings is 1. The van der Waals surface area contributed by atoms with Crippen LogP contribution in [0.25, 0.3) is 0 Å². The number of hydrogen-bond donors (Lipinski definition) is 1. The minimum absolute atomic E-state index is 0.444. The van der Waals surface area contributed by atoms with Gasteiger partial charge in [-0.1, -0.05) is 11.3 Å². The molecule has 0 unspecified atom stereocenters. The zero-order chi connectivity index (χ0) is 17.2. The number of fused-ring (bicyclic) bond motifs is 1. The molecular weight excluding hydrogens is 336 g/mol. The summed E-state index contributed by atoms with van der Waals surface area (Å²) < 4.78 is 5.53. The Hall–Kier alpha value is -1.93. The van der Waals surface area contributed by atoms with Crippen LogP contribution in [0.4, 0.5) is 16.8 Å². The van der Waals surface area contributed by atoms with E-state index in [1.165, 1.54) is 10.6 Å². The molecule has 0 aromatic carbocycles. The zero-order valence-corrected chi connectivity index (χ0v) is 15.6. The summed E-state index contributed by atoms with van der Waals surface area (Å²) in [5.41, 5.74) is 1.24. The van der Waals surface area contributed by atoms with Gasteiger partial charge in [-0.3, -0.25) is 0 Å². The van der Waals surface area contributed by atoms with Crippen molar-refractivity contribution in [1.82, 2.24) is 15.0 Å². The van der Waals surface area contributed by atoms with Gasteiger partial charge in [-0.15, -0.1) is 0 Å². The molecule has 8 heteroatoms. The van der Waals surface area contributed by atoms with Gasteiger partial charge in [-0.25, -0.2) is 15.0 Å². The molecule has 0 bridgehead atoms. The molecule has 4 heterocycles. The van der Waals surface area contributed by atoms with Gasteiger partial charge >= 0.3 is 0 Å². The average molecular weight is 360 g/mol. The lowest BCUT2D eigenvalue weighted by atomic mass is 10.1. The molecule has 2 aromatic rings. The predicted molar refractivity (Wildman–Crippen MR) is 101 cm³/mol. The van der Waals surface area contributed by atoms with Gasteiger partial charge in [-0.05, 0) is 12.8 Å². The molecule has 0 spiro atoms. The van der Waals surface area contributed by atoms with Crippen LogP contribution in [0.15, 0.2) is 12.4 Å². The van der Waals surface area contributed by atoms with Crippen molar-refractivity contribution in [2.75, 3.05) is 48.9 Å². The van der Waals surface area contributed by atoms with Crippen LogP contribution in [0.1, 0.15) is 23.4 Å². The summed E-state index contributed by atoms with van der Waals surface area (Å²) >= 11 is 1.80. The lowest BCUT2D eigenvalue weighted by molar-refractivity contribution is 0.112. The molecule has 2 aliphatic rings. The van der Waals surface area contributed by atoms with E-state index in [-0.39, 0.29) is 0 Å². The van der Waals surface area contributed by atoms with Crippen molar-refractivity contribution in [3.63, 3.8) is 0 Å². The van der Waals surface area contributed by atoms with Crippen molar-refractivity contribution < 1.29 is 4.74 Å². The van der Waals surface area contributed by atoms with E-state index in [9.17, 15) is 0 Å². The van der Waals surface area contributed by atoms with Crippen LogP contribution >= 0.6 is 11.3 Å². The van der Waals surface area contributed by atoms with Crippen LogP contribution in [0.5, 0.6) is 0 Å². The first-order chi connectivity index (χ1) is 12.2. The Bertz CT molecular complexity index is 702. The Morgan fingerprint density at radius 2 is 2.12 bits per heavy atom. The lowest BCUT2D eigenvalue weighted by Gasteiger charge is -2.32. The summed E-state index contributed by atoms with van der Waals surface area (Å²) in [5.74, 6) is 1.82. The second kappa shape index (κ2) is 7.13. The highest BCUT2D eigenvalue weighted by atomic mass is 32.1. The molecule has 0 saturated carbocycles. The summed E-state index contributed by atoms with van der Waals surface area (Å²) in [5, 5.41) is 4.71. The summed E-state index contributed by atoms with van der Waals surface area (Å²) in [4.78, 5) is 19.2. The third-order valence-electron chi connectivity index (χ3n) is 4.71. The Balaban J connectivity index is 1.35. The van der Waals surface area contributed by atoms with Gasteiger partial charge in [0.2, 0.25) is 0 Å². The fraction of sp³-hybridized carbons (Fsp3) is 0.588. The first-order valence-corrected chi connectivity index (χ1v) is 9.58. The van der Waals surface area contributed by atoms with Gasteiger partial charge in [0.05, 0.1) is 23.8 Å². The van der Waals surface area contributed by atoms with Crippen LogP contribution in [-0.2, 0) is 17.8 Å². The fourth-order valence-electron chi connectivity index (χ4n) is 3.24. The van der Waals surface area contributed by atoms with Crippen LogP contribution < -0.4 is 15.1 Å². The molecule has 4 rings (SSSR count). The number of nitrogens with one attached hydrogen (secondary N) is 1. The molecule has 1 N–H and O–H groups in total. The van der Waals surface area contributed by atoms with E-state index >= 15 is 0 Å². The minimum Gasteiger partial charge on any atom is -0.375 e. The summed E-state index contributed by atoms with van der Waals surface area (Å²) in [6, 6.07) is 2.44. The van der Waals surface area contributed by atoms with E-state index in [0.717, 1.165) is 62.3 Å². The second-order valence-electron chi connectivity index (χ2n) is 6.73. The van der Waals surface area contributed by atoms with Crippen molar-refractivity contribution in [3.05, 3.63) is 23.0 Å². The molecule has 1 fully saturated rings. The summed E-state index contributed by atoms with van der Waals surface area (Å²) in [6.07, 6.45) is 4.74. The molecule has 0 radical (unpaired) electrons. The quantitative estimate of drug-likeness (QED) is 0.896. The average Bonchev–Trinajstić information content (AvgIpc) is 3.07. The standard InChI is InChI=1S/C17H24N6OS/c1-22(2)16-9-15(18-11-19-16)20-12-3-6-23(7-4-12)17-21-13-5-8-24-10-14(13)25-17/h9,11-12H,3-8,10H2,1-2H3,(H,18,19,20). The minimum atomic E-state index is 0.444. The second-order valence-corrected chi connectivity index (χ2v) is 7.79. The van der Waals surface area contributed by atoms with Gasteiger partial charge in [0, 0.05) is 45.7 Å². The Kier molecular flexibility index (Phi) is 4.72. The number of ether oxygens (including phenoxy) is 1. The third kappa shape index (κ3) is 3.69. The van der Waals surface area contributed by atoms with Crippen molar-refractivity contribution in [1.29, 1.82) is 0 Å². The third-order valence-corrected chi connectivity index (χ3v) is 5.84. The van der Waals surface area contributed by atoms with Crippen LogP contribution in [0, 0.1) is 0 Å². The molecule has 1 saturated heterocycles. The summed E-state index contributed by atoms with van der Waals surface area (Å²) in [7, 11) is 3.98. The topological polar surface area (TPSA) is 66.4 Å². The van der Waals surface area contributed by atoms with Crippen molar-refractivity contribution in [2.24, 2.45) is 0 Å². The highest BCUT2D eigenvalue weighted by molar-refractivity contribution is 7.15. The Morgan fingerprint density at radius 1 is 1.28 bits per heavy atom. The fourth-order valence-corrected chi connectivity index (χ4v) is 4.34. The number of rotatable bonds is 4. The Labute approximate surface area is 152 Å². The molecule has 2 aliphatic heterocycles. The van der Waals surface area contributed by atoms with E-state index < -0.39 is 0 Å². The molecular formula is C17H24N6OS. The van der Waals surface area contributed by atoms with E-state index in [1.807, 2.05) is 25.1 Å². The highest BCUT2D eigenvalue weighted by Gasteiger charge is 2.24. The van der Waals surface area contributed by atoms with Gasteiger partial charge in [0.15, 0.2) is 5.13 Å². The van der Waals surface area contributed by atoms with Gasteiger partial charge in [0.25, 0.3) is 0 Å². The Morgan fingerprint density at radius 3 is 2.88 bits per heavy atom. The summed E-state index contributed by atoms with van der Waals surface area (Å²) in [6.45, 7) is 3.58. The van der Waals surface area contributed by atoms with Crippen LogP contribution in [0.3, 0.4) is 0 Å². The molecule has 0 atom stereocenters. The predicted octanol–water partition coefficient (Wildman–Crippen LogP) is 2.15. The van der Waals surface area contributed by atoms with Crippen molar-refractivity contribution >= 4 is 28.1 Å². The smallest absolute Gasteiger partial charge is 0.185 e. The largest absolute Gasteiger partial charge is 0.375 e. The van der Waals surface area contributed by atoms with E-state index in [2.05, 4.69) is 20.2 Å². The normalized spacial score (nSPS) is 18.1. The number of nitrogens with zero attached hydrogens (tertiary/aromatic N) is 5. The number of anilines is 3. The highest BCUT2D eigenvalue weighted by Crippen LogP contribution is 2.31. The van der Waals surface area contributed by atoms with Crippen molar-refractivity contribution in [3.8, 4) is 0 Å². The van der Waals surface area contributed by atoms with Gasteiger partial charge < -0.3 is 19.9 Å². The maximum Gasteiger partial charge on any atom is 0.185 e. The first kappa shape index (κ1) is 16.5. The van der Waals surface area contributed by atoms with Gasteiger partial charge in [-0.2, -0.15) is 0 Å². The molecule has 25 heavy (non-hydrogen) atoms. The van der Waals surface area contributed by atoms with Crippen LogP contribution in [0.2, 0.25) is 0 Å². The van der Waals surface area contributed by atoms with Crippen LogP contribution in [-0.4, -0.2) is 54.8 Å². The number of hydrogen-bond acceptors (Lipinski definition) is 8. The lowest BCUT2D eigenvalue weighted by Crippen LogP contribution is -2.39. The monoisotopic (exact) mass is 360 g/mol. The molecule has 134 valence electrons. The van der Waals surface area contributed by atoms with E-state index in [4.69, 9.17) is 9.72 Å². The number of piperidine rings is 1. The molecule has 7 nitrogen and oxygen atoms in total. The molecule has 2 aromatic heterocycles. The number of aromatic nitrogens is 3. The first-order valence-electron chi connectivity index (χ1n) is 8.76.